The van der Waals surface area contributed by atoms with Crippen molar-refractivity contribution in [3.05, 3.63) is 0 Å². The lowest BCUT2D eigenvalue weighted by atomic mass is 9.53. The van der Waals surface area contributed by atoms with Crippen LogP contribution in [0.15, 0.2) is 0 Å². The van der Waals surface area contributed by atoms with Crippen LogP contribution in [0.4, 0.5) is 0 Å². The molecule has 4 aliphatic rings. The van der Waals surface area contributed by atoms with Gasteiger partial charge in [-0.25, -0.2) is 0 Å². The summed E-state index contributed by atoms with van der Waals surface area (Å²) in [5.74, 6) is 2.92. The Morgan fingerprint density at radius 1 is 0.600 bits per heavy atom. The summed E-state index contributed by atoms with van der Waals surface area (Å²) in [7, 11) is 0. The number of rotatable bonds is 0. The van der Waals surface area contributed by atoms with Crippen molar-refractivity contribution in [3.63, 3.8) is 0 Å². The number of carbonyl (C=O) groups excluding carboxylic acids is 2. The van der Waals surface area contributed by atoms with Crippen LogP contribution in [0.1, 0.15) is 55.4 Å². The first-order valence-corrected chi connectivity index (χ1v) is 12.5. The molecule has 0 radical (unpaired) electrons. The Morgan fingerprint density at radius 2 is 0.880 bits per heavy atom. The molecule has 2 heterocycles. The first kappa shape index (κ1) is 19.1. The second-order valence-corrected chi connectivity index (χ2v) is 16.4. The van der Waals surface area contributed by atoms with Gasteiger partial charge in [-0.3, -0.25) is 9.59 Å². The van der Waals surface area contributed by atoms with Crippen LogP contribution in [0.5, 0.6) is 0 Å². The second-order valence-electron chi connectivity index (χ2n) is 10.1. The standard InChI is InChI=1S/C19H28O2S4/c1-13(2)11(20)14(3,4)18(13)22-9-17(24-18)10-23-19(25-17)15(5,6)12(21)16(19,7)8/h9-10H2,1-8H3. The topological polar surface area (TPSA) is 34.1 Å². The lowest BCUT2D eigenvalue weighted by molar-refractivity contribution is -0.152. The van der Waals surface area contributed by atoms with Crippen molar-refractivity contribution >= 4 is 58.6 Å². The highest BCUT2D eigenvalue weighted by molar-refractivity contribution is 8.35. The van der Waals surface area contributed by atoms with Crippen molar-refractivity contribution in [3.8, 4) is 0 Å². The van der Waals surface area contributed by atoms with E-state index in [0.29, 0.717) is 11.6 Å². The molecule has 2 aliphatic carbocycles. The predicted octanol–water partition coefficient (Wildman–Crippen LogP) is 5.31. The zero-order valence-corrected chi connectivity index (χ0v) is 19.6. The fourth-order valence-corrected chi connectivity index (χ4v) is 16.1. The summed E-state index contributed by atoms with van der Waals surface area (Å²) in [5, 5.41) is 0. The van der Waals surface area contributed by atoms with Gasteiger partial charge in [0.1, 0.15) is 11.6 Å². The van der Waals surface area contributed by atoms with Crippen LogP contribution >= 0.6 is 47.0 Å². The molecule has 4 rings (SSSR count). The van der Waals surface area contributed by atoms with E-state index in [4.69, 9.17) is 0 Å². The van der Waals surface area contributed by atoms with Gasteiger partial charge in [0.05, 0.1) is 12.2 Å². The lowest BCUT2D eigenvalue weighted by Gasteiger charge is -2.64. The second kappa shape index (κ2) is 4.65. The molecule has 0 aromatic heterocycles. The van der Waals surface area contributed by atoms with Crippen LogP contribution in [0.25, 0.3) is 0 Å². The molecule has 0 bridgehead atoms. The van der Waals surface area contributed by atoms with Crippen molar-refractivity contribution in [2.45, 2.75) is 67.6 Å². The van der Waals surface area contributed by atoms with E-state index in [-0.39, 0.29) is 33.9 Å². The van der Waals surface area contributed by atoms with Crippen molar-refractivity contribution in [1.82, 2.24) is 0 Å². The maximum atomic E-state index is 12.7. The van der Waals surface area contributed by atoms with Crippen LogP contribution in [-0.2, 0) is 9.59 Å². The van der Waals surface area contributed by atoms with Gasteiger partial charge in [0.25, 0.3) is 0 Å². The van der Waals surface area contributed by atoms with E-state index in [1.54, 1.807) is 0 Å². The monoisotopic (exact) mass is 416 g/mol. The van der Waals surface area contributed by atoms with Crippen molar-refractivity contribution < 1.29 is 9.59 Å². The molecular weight excluding hydrogens is 388 g/mol. The zero-order valence-electron chi connectivity index (χ0n) is 16.4. The minimum atomic E-state index is -0.281. The van der Waals surface area contributed by atoms with Gasteiger partial charge in [-0.05, 0) is 0 Å². The fourth-order valence-electron chi connectivity index (χ4n) is 6.02. The van der Waals surface area contributed by atoms with Gasteiger partial charge in [0.2, 0.25) is 0 Å². The van der Waals surface area contributed by atoms with E-state index < -0.39 is 0 Å². The van der Waals surface area contributed by atoms with Gasteiger partial charge < -0.3 is 0 Å². The Labute approximate surface area is 168 Å². The number of ketones is 2. The summed E-state index contributed by atoms with van der Waals surface area (Å²) in [4.78, 5) is 25.5. The minimum absolute atomic E-state index is 0.0434. The summed E-state index contributed by atoms with van der Waals surface area (Å²) in [5.41, 5.74) is -1.12. The number of hydrogen-bond donors (Lipinski definition) is 0. The molecule has 2 saturated carbocycles. The van der Waals surface area contributed by atoms with Gasteiger partial charge >= 0.3 is 0 Å². The number of Topliss-reactive ketones (excluding diaryl/α,β-unsaturated/α-hetero) is 2. The zero-order chi connectivity index (χ0) is 18.9. The van der Waals surface area contributed by atoms with Crippen LogP contribution < -0.4 is 0 Å². The number of hydrogen-bond acceptors (Lipinski definition) is 6. The highest BCUT2D eigenvalue weighted by Crippen LogP contribution is 2.84. The third-order valence-electron chi connectivity index (χ3n) is 7.21. The molecule has 0 amide bonds. The molecule has 3 spiro atoms. The molecular formula is C19H28O2S4. The van der Waals surface area contributed by atoms with E-state index in [2.05, 4.69) is 78.9 Å². The Bertz CT molecular complexity index is 608. The molecule has 0 aromatic rings. The molecule has 0 atom stereocenters. The molecule has 25 heavy (non-hydrogen) atoms. The Morgan fingerprint density at radius 3 is 1.16 bits per heavy atom. The summed E-state index contributed by atoms with van der Waals surface area (Å²) in [6.07, 6.45) is 0. The number of carbonyl (C=O) groups is 2. The maximum absolute atomic E-state index is 12.7. The molecule has 2 aliphatic heterocycles. The molecule has 2 saturated heterocycles. The average molecular weight is 417 g/mol. The third-order valence-corrected chi connectivity index (χ3v) is 17.7. The highest BCUT2D eigenvalue weighted by Gasteiger charge is 2.82. The molecule has 0 N–H and O–H groups in total. The summed E-state index contributed by atoms with van der Waals surface area (Å²) in [6, 6.07) is 0. The normalized spacial score (nSPS) is 36.6. The van der Waals surface area contributed by atoms with Crippen LogP contribution in [-0.4, -0.2) is 35.3 Å². The summed E-state index contributed by atoms with van der Waals surface area (Å²) in [6.45, 7) is 17.0. The van der Waals surface area contributed by atoms with E-state index >= 15 is 0 Å². The molecule has 6 heteroatoms. The van der Waals surface area contributed by atoms with E-state index in [9.17, 15) is 9.59 Å². The van der Waals surface area contributed by atoms with Crippen molar-refractivity contribution in [2.75, 3.05) is 11.5 Å². The van der Waals surface area contributed by atoms with Gasteiger partial charge in [0.15, 0.2) is 0 Å². The first-order chi connectivity index (χ1) is 11.1. The molecule has 4 fully saturated rings. The highest BCUT2D eigenvalue weighted by atomic mass is 32.3. The first-order valence-electron chi connectivity index (χ1n) is 8.92. The van der Waals surface area contributed by atoms with Gasteiger partial charge in [0, 0.05) is 33.2 Å². The lowest BCUT2D eigenvalue weighted by Crippen LogP contribution is -2.70. The van der Waals surface area contributed by atoms with E-state index in [1.165, 1.54) is 0 Å². The minimum Gasteiger partial charge on any atom is -0.298 e. The van der Waals surface area contributed by atoms with Gasteiger partial charge in [-0.15, -0.1) is 47.0 Å². The predicted molar refractivity (Wildman–Crippen MR) is 113 cm³/mol. The largest absolute Gasteiger partial charge is 0.298 e. The van der Waals surface area contributed by atoms with Gasteiger partial charge in [-0.2, -0.15) is 0 Å². The molecule has 2 nitrogen and oxygen atoms in total. The molecule has 140 valence electrons. The Kier molecular flexibility index (Phi) is 3.55. The Hall–Kier alpha value is 0.740. The van der Waals surface area contributed by atoms with Crippen LogP contribution in [0, 0.1) is 21.7 Å². The Balaban J connectivity index is 1.68. The molecule has 0 aromatic carbocycles. The summed E-state index contributed by atoms with van der Waals surface area (Å²) < 4.78 is 0.0241. The van der Waals surface area contributed by atoms with Crippen LogP contribution in [0.2, 0.25) is 0 Å². The average Bonchev–Trinajstić information content (AvgIpc) is 3.11. The molecule has 0 unspecified atom stereocenters. The quantitative estimate of drug-likeness (QED) is 0.533. The fraction of sp³-hybridized carbons (Fsp3) is 0.895. The van der Waals surface area contributed by atoms with Crippen LogP contribution in [0.3, 0.4) is 0 Å². The van der Waals surface area contributed by atoms with E-state index in [1.807, 2.05) is 23.5 Å². The van der Waals surface area contributed by atoms with E-state index in [0.717, 1.165) is 11.5 Å². The van der Waals surface area contributed by atoms with Crippen molar-refractivity contribution in [1.29, 1.82) is 0 Å². The summed E-state index contributed by atoms with van der Waals surface area (Å²) >= 11 is 8.12. The number of thioether (sulfide) groups is 4. The SMILES string of the molecule is CC1(C)C(=O)C(C)(C)C12SCC1(CSC3(S1)C(C)(C)C(=O)C3(C)C)S2. The van der Waals surface area contributed by atoms with Crippen molar-refractivity contribution in [2.24, 2.45) is 21.7 Å². The smallest absolute Gasteiger partial charge is 0.148 e. The van der Waals surface area contributed by atoms with Gasteiger partial charge in [-0.1, -0.05) is 55.4 Å². The maximum Gasteiger partial charge on any atom is 0.148 e. The third kappa shape index (κ3) is 1.70.